The average Bonchev–Trinajstić information content (AvgIpc) is 2.75. The van der Waals surface area contributed by atoms with Gasteiger partial charge < -0.3 is 19.5 Å². The molecule has 0 bridgehead atoms. The minimum Gasteiger partial charge on any atom is -0.503 e. The van der Waals surface area contributed by atoms with Crippen LogP contribution in [0.3, 0.4) is 0 Å². The number of aromatic nitrogens is 1. The monoisotopic (exact) mass is 421 g/mol. The lowest BCUT2D eigenvalue weighted by atomic mass is 9.78. The Labute approximate surface area is 181 Å². The molecule has 2 N–H and O–H groups in total. The van der Waals surface area contributed by atoms with Crippen molar-refractivity contribution in [1.82, 2.24) is 4.57 Å². The lowest BCUT2D eigenvalue weighted by Gasteiger charge is -2.32. The summed E-state index contributed by atoms with van der Waals surface area (Å²) < 4.78 is 7.57. The molecule has 0 fully saturated rings. The fraction of sp³-hybridized carbons (Fsp3) is 0.280. The Morgan fingerprint density at radius 2 is 1.77 bits per heavy atom. The molecule has 0 radical (unpaired) electrons. The van der Waals surface area contributed by atoms with Crippen LogP contribution in [0.4, 0.5) is 0 Å². The Morgan fingerprint density at radius 1 is 1.06 bits per heavy atom. The van der Waals surface area contributed by atoms with E-state index < -0.39 is 22.7 Å². The number of carboxylic acid groups (broad SMARTS) is 1. The zero-order valence-corrected chi connectivity index (χ0v) is 17.7. The number of para-hydroxylation sites is 1. The average molecular weight is 421 g/mol. The first kappa shape index (κ1) is 22.2. The van der Waals surface area contributed by atoms with E-state index in [4.69, 9.17) is 4.74 Å². The highest BCUT2D eigenvalue weighted by molar-refractivity contribution is 5.87. The van der Waals surface area contributed by atoms with Crippen molar-refractivity contribution in [2.45, 2.75) is 45.1 Å². The van der Waals surface area contributed by atoms with E-state index in [2.05, 4.69) is 13.8 Å². The fourth-order valence-electron chi connectivity index (χ4n) is 3.70. The predicted octanol–water partition coefficient (Wildman–Crippen LogP) is 5.19. The molecule has 2 aromatic carbocycles. The second kappa shape index (κ2) is 9.51. The predicted molar refractivity (Wildman–Crippen MR) is 119 cm³/mol. The van der Waals surface area contributed by atoms with Crippen molar-refractivity contribution >= 4 is 5.97 Å². The molecule has 1 aromatic heterocycles. The second-order valence-electron chi connectivity index (χ2n) is 7.97. The number of aromatic carboxylic acids is 1. The van der Waals surface area contributed by atoms with Crippen molar-refractivity contribution in [2.75, 3.05) is 0 Å². The third-order valence-electron chi connectivity index (χ3n) is 5.41. The summed E-state index contributed by atoms with van der Waals surface area (Å²) in [5.74, 6) is -0.478. The van der Waals surface area contributed by atoms with E-state index in [1.54, 1.807) is 4.57 Å². The van der Waals surface area contributed by atoms with E-state index in [0.717, 1.165) is 30.6 Å². The summed E-state index contributed by atoms with van der Waals surface area (Å²) in [5.41, 5.74) is -0.663. The first-order chi connectivity index (χ1) is 14.8. The van der Waals surface area contributed by atoms with Crippen LogP contribution in [0.2, 0.25) is 0 Å². The highest BCUT2D eigenvalue weighted by Gasteiger charge is 2.28. The van der Waals surface area contributed by atoms with Crippen LogP contribution in [0.15, 0.2) is 71.8 Å². The number of pyridine rings is 1. The molecule has 3 aromatic rings. The van der Waals surface area contributed by atoms with Crippen LogP contribution in [0.1, 0.15) is 49.0 Å². The van der Waals surface area contributed by atoms with Crippen molar-refractivity contribution in [2.24, 2.45) is 0 Å². The van der Waals surface area contributed by atoms with Crippen molar-refractivity contribution < 1.29 is 19.7 Å². The minimum atomic E-state index is -1.36. The van der Waals surface area contributed by atoms with Crippen LogP contribution >= 0.6 is 0 Å². The summed E-state index contributed by atoms with van der Waals surface area (Å²) in [4.78, 5) is 23.3. The lowest BCUT2D eigenvalue weighted by molar-refractivity contribution is 0.0693. The van der Waals surface area contributed by atoms with Gasteiger partial charge in [-0.2, -0.15) is 0 Å². The molecule has 1 atom stereocenters. The maximum absolute atomic E-state index is 11.9. The molecule has 31 heavy (non-hydrogen) atoms. The number of nitrogens with zero attached hydrogens (tertiary/aromatic N) is 1. The van der Waals surface area contributed by atoms with Gasteiger partial charge in [0.05, 0.1) is 0 Å². The van der Waals surface area contributed by atoms with Crippen LogP contribution < -0.4 is 10.2 Å². The maximum Gasteiger partial charge on any atom is 0.341 e. The fourth-order valence-corrected chi connectivity index (χ4v) is 3.70. The van der Waals surface area contributed by atoms with Crippen LogP contribution in [0, 0.1) is 0 Å². The van der Waals surface area contributed by atoms with Crippen LogP contribution in [-0.4, -0.2) is 20.7 Å². The first-order valence-electron chi connectivity index (χ1n) is 10.3. The first-order valence-corrected chi connectivity index (χ1v) is 10.3. The molecule has 1 unspecified atom stereocenters. The van der Waals surface area contributed by atoms with Gasteiger partial charge in [-0.1, -0.05) is 57.0 Å². The number of aromatic hydroxyl groups is 1. The summed E-state index contributed by atoms with van der Waals surface area (Å²) in [5, 5.41) is 19.3. The van der Waals surface area contributed by atoms with Gasteiger partial charge in [-0.25, -0.2) is 4.79 Å². The van der Waals surface area contributed by atoms with Gasteiger partial charge in [0.2, 0.25) is 5.43 Å². The summed E-state index contributed by atoms with van der Waals surface area (Å²) >= 11 is 0. The van der Waals surface area contributed by atoms with E-state index in [9.17, 15) is 19.8 Å². The number of rotatable bonds is 9. The molecular formula is C25H27NO5. The standard InChI is InChI=1S/C25H27NO5/c1-3-4-13-25(2,17-26-15-21(24(29)30)23(28)22(27)16-26)18-9-8-12-20(14-18)31-19-10-6-5-7-11-19/h5-12,14-16,27H,3-4,13,17H2,1-2H3,(H,29,30). The Kier molecular flexibility index (Phi) is 6.80. The van der Waals surface area contributed by atoms with Crippen molar-refractivity contribution in [3.63, 3.8) is 0 Å². The quantitative estimate of drug-likeness (QED) is 0.496. The normalized spacial score (nSPS) is 12.8. The summed E-state index contributed by atoms with van der Waals surface area (Å²) in [6.45, 7) is 4.61. The highest BCUT2D eigenvalue weighted by atomic mass is 16.5. The zero-order valence-electron chi connectivity index (χ0n) is 17.7. The van der Waals surface area contributed by atoms with Gasteiger partial charge in [-0.3, -0.25) is 4.79 Å². The van der Waals surface area contributed by atoms with Crippen molar-refractivity contribution in [3.8, 4) is 17.2 Å². The highest BCUT2D eigenvalue weighted by Crippen LogP contribution is 2.35. The van der Waals surface area contributed by atoms with Crippen molar-refractivity contribution in [1.29, 1.82) is 0 Å². The zero-order chi connectivity index (χ0) is 22.4. The number of carboxylic acids is 1. The van der Waals surface area contributed by atoms with E-state index in [0.29, 0.717) is 12.3 Å². The number of ether oxygens (including phenoxy) is 1. The van der Waals surface area contributed by atoms with Gasteiger partial charge in [0.1, 0.15) is 17.1 Å². The van der Waals surface area contributed by atoms with Gasteiger partial charge in [0.25, 0.3) is 0 Å². The molecule has 1 heterocycles. The van der Waals surface area contributed by atoms with E-state index in [1.807, 2.05) is 54.6 Å². The Hall–Kier alpha value is -3.54. The number of benzene rings is 2. The largest absolute Gasteiger partial charge is 0.503 e. The molecule has 0 aliphatic heterocycles. The molecule has 0 aliphatic rings. The second-order valence-corrected chi connectivity index (χ2v) is 7.97. The van der Waals surface area contributed by atoms with E-state index >= 15 is 0 Å². The summed E-state index contributed by atoms with van der Waals surface area (Å²) in [6, 6.07) is 17.4. The topological polar surface area (TPSA) is 88.8 Å². The summed E-state index contributed by atoms with van der Waals surface area (Å²) in [7, 11) is 0. The third kappa shape index (κ3) is 5.34. The Morgan fingerprint density at radius 3 is 2.45 bits per heavy atom. The molecule has 0 spiro atoms. The van der Waals surface area contributed by atoms with Gasteiger partial charge in [0, 0.05) is 24.4 Å². The SMILES string of the molecule is CCCCC(C)(Cn1cc(O)c(=O)c(C(=O)O)c1)c1cccc(Oc2ccccc2)c1. The minimum absolute atomic E-state index is 0.372. The Balaban J connectivity index is 1.97. The maximum atomic E-state index is 11.9. The molecule has 0 amide bonds. The molecular weight excluding hydrogens is 394 g/mol. The molecule has 0 saturated heterocycles. The molecule has 0 aliphatic carbocycles. The van der Waals surface area contributed by atoms with Gasteiger partial charge in [-0.05, 0) is 36.2 Å². The molecule has 6 heteroatoms. The smallest absolute Gasteiger partial charge is 0.341 e. The Bertz CT molecular complexity index is 1110. The molecule has 6 nitrogen and oxygen atoms in total. The van der Waals surface area contributed by atoms with E-state index in [-0.39, 0.29) is 5.41 Å². The number of unbranched alkanes of at least 4 members (excludes halogenated alkanes) is 1. The van der Waals surface area contributed by atoms with Gasteiger partial charge in [0.15, 0.2) is 5.75 Å². The third-order valence-corrected chi connectivity index (χ3v) is 5.41. The van der Waals surface area contributed by atoms with Crippen LogP contribution in [-0.2, 0) is 12.0 Å². The number of hydrogen-bond donors (Lipinski definition) is 2. The summed E-state index contributed by atoms with van der Waals surface area (Å²) in [6.07, 6.45) is 5.40. The number of hydrogen-bond acceptors (Lipinski definition) is 4. The van der Waals surface area contributed by atoms with Gasteiger partial charge >= 0.3 is 5.97 Å². The van der Waals surface area contributed by atoms with Crippen LogP contribution in [0.25, 0.3) is 0 Å². The van der Waals surface area contributed by atoms with Crippen molar-refractivity contribution in [3.05, 3.63) is 88.3 Å². The molecule has 3 rings (SSSR count). The number of carbonyl (C=O) groups is 1. The molecule has 0 saturated carbocycles. The lowest BCUT2D eigenvalue weighted by Crippen LogP contribution is -2.29. The van der Waals surface area contributed by atoms with Gasteiger partial charge in [-0.15, -0.1) is 0 Å². The molecule has 162 valence electrons. The van der Waals surface area contributed by atoms with E-state index in [1.165, 1.54) is 12.4 Å². The van der Waals surface area contributed by atoms with Crippen LogP contribution in [0.5, 0.6) is 17.2 Å².